The molecule has 1 unspecified atom stereocenters. The summed E-state index contributed by atoms with van der Waals surface area (Å²) in [7, 11) is 0. The van der Waals surface area contributed by atoms with Gasteiger partial charge >= 0.3 is 0 Å². The molecule has 2 heterocycles. The van der Waals surface area contributed by atoms with Crippen molar-refractivity contribution in [2.24, 2.45) is 0 Å². The molecular weight excluding hydrogens is 434 g/mol. The molecule has 9 heteroatoms. The molecule has 1 fully saturated rings. The van der Waals surface area contributed by atoms with Crippen LogP contribution in [0.4, 0.5) is 5.82 Å². The number of hydrogen-bond acceptors (Lipinski definition) is 6. The number of piperazine rings is 1. The number of nitrogens with one attached hydrogen (secondary N) is 1. The zero-order valence-corrected chi connectivity index (χ0v) is 19.5. The van der Waals surface area contributed by atoms with Crippen molar-refractivity contribution in [1.82, 2.24) is 20.2 Å². The highest BCUT2D eigenvalue weighted by atomic mass is 35.5. The molecular formula is C22H28ClN5O2S. The van der Waals surface area contributed by atoms with E-state index in [4.69, 9.17) is 11.6 Å². The van der Waals surface area contributed by atoms with Crippen LogP contribution < -0.4 is 10.2 Å². The highest BCUT2D eigenvalue weighted by Gasteiger charge is 2.29. The molecule has 0 aliphatic carbocycles. The van der Waals surface area contributed by atoms with Gasteiger partial charge in [0, 0.05) is 43.9 Å². The Kier molecular flexibility index (Phi) is 8.54. The Morgan fingerprint density at radius 1 is 1.23 bits per heavy atom. The van der Waals surface area contributed by atoms with Gasteiger partial charge in [0.1, 0.15) is 11.0 Å². The molecule has 0 bridgehead atoms. The summed E-state index contributed by atoms with van der Waals surface area (Å²) in [5.41, 5.74) is 0.698. The molecule has 1 aliphatic rings. The zero-order valence-electron chi connectivity index (χ0n) is 17.9. The lowest BCUT2D eigenvalue weighted by Gasteiger charge is -2.40. The highest BCUT2D eigenvalue weighted by Crippen LogP contribution is 2.24. The standard InChI is InChI=1S/C22H28ClN5O2S/c1-3-4-10-24-20(29)15-31-22-25-18(23)13-19(26-22)27-11-12-28(16(2)14-27)21(30)17-8-6-5-7-9-17/h5-9,13,16H,3-4,10-12,14-15H2,1-2H3,(H,24,29). The Bertz CT molecular complexity index is 899. The summed E-state index contributed by atoms with van der Waals surface area (Å²) in [4.78, 5) is 37.6. The van der Waals surface area contributed by atoms with Gasteiger partial charge in [-0.3, -0.25) is 9.59 Å². The quantitative estimate of drug-likeness (QED) is 0.280. The Morgan fingerprint density at radius 2 is 2.00 bits per heavy atom. The van der Waals surface area contributed by atoms with Crippen molar-refractivity contribution < 1.29 is 9.59 Å². The van der Waals surface area contributed by atoms with Crippen LogP contribution in [-0.4, -0.2) is 64.7 Å². The lowest BCUT2D eigenvalue weighted by Crippen LogP contribution is -2.54. The average molecular weight is 462 g/mol. The molecule has 0 spiro atoms. The monoisotopic (exact) mass is 461 g/mol. The van der Waals surface area contributed by atoms with Crippen LogP contribution >= 0.6 is 23.4 Å². The molecule has 3 rings (SSSR count). The molecule has 1 aromatic heterocycles. The van der Waals surface area contributed by atoms with E-state index in [9.17, 15) is 9.59 Å². The molecule has 1 N–H and O–H groups in total. The topological polar surface area (TPSA) is 78.4 Å². The number of unbranched alkanes of at least 4 members (excludes halogenated alkanes) is 1. The van der Waals surface area contributed by atoms with Crippen molar-refractivity contribution in [2.45, 2.75) is 37.9 Å². The van der Waals surface area contributed by atoms with Gasteiger partial charge in [0.2, 0.25) is 5.91 Å². The van der Waals surface area contributed by atoms with E-state index in [-0.39, 0.29) is 23.6 Å². The van der Waals surface area contributed by atoms with Gasteiger partial charge < -0.3 is 15.1 Å². The minimum absolute atomic E-state index is 0.0237. The number of hydrogen-bond donors (Lipinski definition) is 1. The van der Waals surface area contributed by atoms with Crippen molar-refractivity contribution >= 4 is 41.0 Å². The van der Waals surface area contributed by atoms with Gasteiger partial charge in [-0.2, -0.15) is 0 Å². The fourth-order valence-electron chi connectivity index (χ4n) is 3.41. The number of rotatable bonds is 8. The van der Waals surface area contributed by atoms with E-state index in [0.29, 0.717) is 47.9 Å². The third kappa shape index (κ3) is 6.58. The first-order valence-electron chi connectivity index (χ1n) is 10.5. The first-order valence-corrected chi connectivity index (χ1v) is 11.9. The van der Waals surface area contributed by atoms with Gasteiger partial charge in [0.05, 0.1) is 5.75 Å². The van der Waals surface area contributed by atoms with Crippen LogP contribution in [0.5, 0.6) is 0 Å². The van der Waals surface area contributed by atoms with E-state index in [1.165, 1.54) is 11.8 Å². The van der Waals surface area contributed by atoms with Gasteiger partial charge in [-0.05, 0) is 25.5 Å². The summed E-state index contributed by atoms with van der Waals surface area (Å²) in [5.74, 6) is 0.968. The Hall–Kier alpha value is -2.32. The van der Waals surface area contributed by atoms with Crippen LogP contribution in [0, 0.1) is 0 Å². The number of thioether (sulfide) groups is 1. The fraction of sp³-hybridized carbons (Fsp3) is 0.455. The smallest absolute Gasteiger partial charge is 0.254 e. The van der Waals surface area contributed by atoms with Crippen LogP contribution in [-0.2, 0) is 4.79 Å². The Labute approximate surface area is 192 Å². The van der Waals surface area contributed by atoms with E-state index >= 15 is 0 Å². The number of amides is 2. The van der Waals surface area contributed by atoms with Gasteiger partial charge in [-0.1, -0.05) is 54.9 Å². The molecule has 2 aromatic rings. The molecule has 0 radical (unpaired) electrons. The van der Waals surface area contributed by atoms with Crippen LogP contribution in [0.3, 0.4) is 0 Å². The maximum Gasteiger partial charge on any atom is 0.254 e. The van der Waals surface area contributed by atoms with Crippen molar-refractivity contribution in [2.75, 3.05) is 36.8 Å². The number of aromatic nitrogens is 2. The SMILES string of the molecule is CCCCNC(=O)CSc1nc(Cl)cc(N2CCN(C(=O)c3ccccc3)C(C)C2)n1. The highest BCUT2D eigenvalue weighted by molar-refractivity contribution is 7.99. The largest absolute Gasteiger partial charge is 0.355 e. The lowest BCUT2D eigenvalue weighted by atomic mass is 10.1. The van der Waals surface area contributed by atoms with E-state index in [1.54, 1.807) is 6.07 Å². The second kappa shape index (κ2) is 11.3. The third-order valence-electron chi connectivity index (χ3n) is 5.08. The molecule has 1 saturated heterocycles. The first-order chi connectivity index (χ1) is 15.0. The molecule has 1 aliphatic heterocycles. The zero-order chi connectivity index (χ0) is 22.2. The Balaban J connectivity index is 1.60. The first kappa shape index (κ1) is 23.3. The predicted octanol–water partition coefficient (Wildman–Crippen LogP) is 3.49. The van der Waals surface area contributed by atoms with Crippen molar-refractivity contribution in [3.8, 4) is 0 Å². The van der Waals surface area contributed by atoms with E-state index in [2.05, 4.69) is 27.1 Å². The summed E-state index contributed by atoms with van der Waals surface area (Å²) in [6.45, 7) is 6.69. The maximum absolute atomic E-state index is 12.8. The number of carbonyl (C=O) groups is 2. The average Bonchev–Trinajstić information content (AvgIpc) is 2.77. The number of anilines is 1. The normalized spacial score (nSPS) is 16.3. The summed E-state index contributed by atoms with van der Waals surface area (Å²) in [6.07, 6.45) is 2.00. The number of halogens is 1. The minimum Gasteiger partial charge on any atom is -0.355 e. The van der Waals surface area contributed by atoms with Gasteiger partial charge in [0.15, 0.2) is 5.16 Å². The van der Waals surface area contributed by atoms with Crippen molar-refractivity contribution in [3.63, 3.8) is 0 Å². The lowest BCUT2D eigenvalue weighted by molar-refractivity contribution is -0.118. The summed E-state index contributed by atoms with van der Waals surface area (Å²) < 4.78 is 0. The van der Waals surface area contributed by atoms with Crippen LogP contribution in [0.25, 0.3) is 0 Å². The molecule has 0 saturated carbocycles. The van der Waals surface area contributed by atoms with E-state index in [1.807, 2.05) is 42.2 Å². The van der Waals surface area contributed by atoms with Crippen molar-refractivity contribution in [1.29, 1.82) is 0 Å². The summed E-state index contributed by atoms with van der Waals surface area (Å²) in [6, 6.07) is 11.1. The molecule has 7 nitrogen and oxygen atoms in total. The molecule has 31 heavy (non-hydrogen) atoms. The third-order valence-corrected chi connectivity index (χ3v) is 6.12. The van der Waals surface area contributed by atoms with Crippen LogP contribution in [0.2, 0.25) is 5.15 Å². The number of carbonyl (C=O) groups excluding carboxylic acids is 2. The number of nitrogens with zero attached hydrogens (tertiary/aromatic N) is 4. The van der Waals surface area contributed by atoms with Gasteiger partial charge in [-0.15, -0.1) is 0 Å². The Morgan fingerprint density at radius 3 is 2.71 bits per heavy atom. The van der Waals surface area contributed by atoms with Crippen molar-refractivity contribution in [3.05, 3.63) is 47.1 Å². The van der Waals surface area contributed by atoms with Gasteiger partial charge in [-0.25, -0.2) is 9.97 Å². The van der Waals surface area contributed by atoms with Gasteiger partial charge in [0.25, 0.3) is 5.91 Å². The number of benzene rings is 1. The second-order valence-electron chi connectivity index (χ2n) is 7.48. The molecule has 166 valence electrons. The van der Waals surface area contributed by atoms with Crippen LogP contribution in [0.1, 0.15) is 37.0 Å². The minimum atomic E-state index is -0.0368. The second-order valence-corrected chi connectivity index (χ2v) is 8.81. The molecule has 2 amide bonds. The summed E-state index contributed by atoms with van der Waals surface area (Å²) >= 11 is 7.50. The van der Waals surface area contributed by atoms with Crippen LogP contribution in [0.15, 0.2) is 41.6 Å². The summed E-state index contributed by atoms with van der Waals surface area (Å²) in [5, 5.41) is 3.70. The molecule has 1 atom stereocenters. The molecule has 1 aromatic carbocycles. The van der Waals surface area contributed by atoms with E-state index in [0.717, 1.165) is 12.8 Å². The fourth-order valence-corrected chi connectivity index (χ4v) is 4.32. The maximum atomic E-state index is 12.8. The predicted molar refractivity (Wildman–Crippen MR) is 125 cm³/mol. The van der Waals surface area contributed by atoms with E-state index < -0.39 is 0 Å².